The third-order valence-electron chi connectivity index (χ3n) is 13.9. The average molecular weight is 1180 g/mol. The van der Waals surface area contributed by atoms with Crippen molar-refractivity contribution < 1.29 is 120 Å². The Morgan fingerprint density at radius 1 is 0.500 bits per heavy atom. The molecule has 0 aliphatic carbocycles. The molecule has 462 valence electrons. The summed E-state index contributed by atoms with van der Waals surface area (Å²) in [6.07, 6.45) is -11.3. The van der Waals surface area contributed by atoms with E-state index in [-0.39, 0.29) is 6.42 Å². The number of hydrogen-bond acceptors (Lipinski definition) is 24. The number of nitrogens with one attached hydrogen (secondary N) is 4. The Kier molecular flexibility index (Phi) is 29.4. The zero-order chi connectivity index (χ0) is 59.3. The number of aliphatic hydroxyl groups is 8. The summed E-state index contributed by atoms with van der Waals surface area (Å²) >= 11 is 0. The van der Waals surface area contributed by atoms with E-state index in [2.05, 4.69) is 44.5 Å². The molecule has 4 fully saturated rings. The van der Waals surface area contributed by atoms with Crippen molar-refractivity contribution in [2.24, 2.45) is 0 Å². The molecule has 80 heavy (non-hydrogen) atoms. The maximum absolute atomic E-state index is 13.4. The van der Waals surface area contributed by atoms with Crippen molar-refractivity contribution in [3.63, 3.8) is 0 Å². The molecule has 0 spiro atoms. The maximum atomic E-state index is 13.4. The molecule has 0 bridgehead atoms. The molecule has 29 nitrogen and oxygen atoms in total. The maximum Gasteiger partial charge on any atom is 0.397 e. The molecular weight excluding hydrogens is 1090 g/mol. The molecular formula is C50H86N4O25S. The lowest BCUT2D eigenvalue weighted by Crippen LogP contribution is -2.71. The van der Waals surface area contributed by atoms with E-state index in [1.165, 1.54) is 25.7 Å². The Morgan fingerprint density at radius 3 is 1.36 bits per heavy atom. The number of esters is 1. The molecule has 0 aromatic carbocycles. The van der Waals surface area contributed by atoms with Crippen molar-refractivity contribution in [1.82, 2.24) is 21.3 Å². The predicted octanol–water partition coefficient (Wildman–Crippen LogP) is -2.76. The van der Waals surface area contributed by atoms with E-state index >= 15 is 0 Å². The zero-order valence-electron chi connectivity index (χ0n) is 45.9. The largest absolute Gasteiger partial charge is 0.463 e. The first-order valence-corrected chi connectivity index (χ1v) is 28.7. The summed E-state index contributed by atoms with van der Waals surface area (Å²) in [6, 6.07) is -6.66. The fraction of sp³-hybridized carbons (Fsp3) is 0.860. The lowest BCUT2D eigenvalue weighted by molar-refractivity contribution is -0.361. The van der Waals surface area contributed by atoms with Crippen LogP contribution < -0.4 is 21.3 Å². The molecule has 0 aromatic rings. The summed E-state index contributed by atoms with van der Waals surface area (Å²) in [5.74, 6) is -3.71. The third-order valence-corrected chi connectivity index (χ3v) is 14.3. The Hall–Kier alpha value is -3.64. The highest BCUT2D eigenvalue weighted by molar-refractivity contribution is 7.80. The second kappa shape index (κ2) is 34.2. The summed E-state index contributed by atoms with van der Waals surface area (Å²) in [4.78, 5) is 62.6. The van der Waals surface area contributed by atoms with Crippen LogP contribution in [0.4, 0.5) is 0 Å². The van der Waals surface area contributed by atoms with Crippen LogP contribution in [-0.2, 0) is 76.4 Å². The van der Waals surface area contributed by atoms with Gasteiger partial charge in [-0.25, -0.2) is 4.18 Å². The van der Waals surface area contributed by atoms with E-state index in [1.54, 1.807) is 0 Å². The van der Waals surface area contributed by atoms with Crippen LogP contribution >= 0.6 is 0 Å². The SMILES string of the molecule is CCCCCC/C=C\CCCCCCCCCC(=O)NC1[C@H](O[C@@H]2C(CO)O[C@@H](O[C@@H]3C(CO)O[C@@H](O[C@@H]4C(COS(=O)(=O)O)O[C@@H](O)C(NC(C)=O)[C@H]4O)C(NC(C)=O)[C@H]3O)C(NC(C)=O)[C@H]2O)OC(COC(C)=O)[C@@H](O)[C@@H]1O. The van der Waals surface area contributed by atoms with E-state index in [9.17, 15) is 77.8 Å². The van der Waals surface area contributed by atoms with Gasteiger partial charge < -0.3 is 100 Å². The van der Waals surface area contributed by atoms with Crippen molar-refractivity contribution in [1.29, 1.82) is 0 Å². The van der Waals surface area contributed by atoms with Crippen molar-refractivity contribution in [2.45, 2.75) is 247 Å². The van der Waals surface area contributed by atoms with Crippen LogP contribution in [0.25, 0.3) is 0 Å². The molecule has 8 unspecified atom stereocenters. The summed E-state index contributed by atoms with van der Waals surface area (Å²) in [5, 5.41) is 99.6. The molecule has 13 N–H and O–H groups in total. The predicted molar refractivity (Wildman–Crippen MR) is 274 cm³/mol. The van der Waals surface area contributed by atoms with Gasteiger partial charge in [-0.3, -0.25) is 28.5 Å². The van der Waals surface area contributed by atoms with Gasteiger partial charge in [0.2, 0.25) is 23.6 Å². The van der Waals surface area contributed by atoms with Crippen LogP contribution in [0.15, 0.2) is 12.2 Å². The third kappa shape index (κ3) is 21.5. The van der Waals surface area contributed by atoms with Gasteiger partial charge in [0.05, 0.1) is 19.8 Å². The summed E-state index contributed by atoms with van der Waals surface area (Å²) in [5.41, 5.74) is 0. The van der Waals surface area contributed by atoms with E-state index in [1.807, 2.05) is 0 Å². The molecule has 4 saturated heterocycles. The number of amides is 4. The first-order valence-electron chi connectivity index (χ1n) is 27.3. The Labute approximate surface area is 465 Å². The van der Waals surface area contributed by atoms with Gasteiger partial charge >= 0.3 is 16.4 Å². The molecule has 4 aliphatic heterocycles. The van der Waals surface area contributed by atoms with E-state index < -0.39 is 189 Å². The first kappa shape index (κ1) is 68.9. The van der Waals surface area contributed by atoms with E-state index in [0.29, 0.717) is 6.42 Å². The molecule has 4 heterocycles. The fourth-order valence-electron chi connectivity index (χ4n) is 9.88. The van der Waals surface area contributed by atoms with Gasteiger partial charge in [0.15, 0.2) is 25.2 Å². The van der Waals surface area contributed by atoms with Gasteiger partial charge in [-0.15, -0.1) is 0 Å². The summed E-state index contributed by atoms with van der Waals surface area (Å²) in [6.45, 7) is 2.69. The molecule has 30 heteroatoms. The lowest BCUT2D eigenvalue weighted by Gasteiger charge is -2.51. The molecule has 4 rings (SSSR count). The van der Waals surface area contributed by atoms with Gasteiger partial charge in [0, 0.05) is 34.1 Å². The van der Waals surface area contributed by atoms with Gasteiger partial charge in [-0.1, -0.05) is 70.4 Å². The zero-order valence-corrected chi connectivity index (χ0v) is 46.7. The van der Waals surface area contributed by atoms with Crippen molar-refractivity contribution >= 4 is 40.0 Å². The number of hydrogen-bond donors (Lipinski definition) is 13. The minimum Gasteiger partial charge on any atom is -0.463 e. The molecule has 0 aromatic heterocycles. The second-order valence-corrected chi connectivity index (χ2v) is 21.5. The fourth-order valence-corrected chi connectivity index (χ4v) is 10.2. The Balaban J connectivity index is 1.51. The lowest BCUT2D eigenvalue weighted by atomic mass is 9.93. The molecule has 4 aliphatic rings. The van der Waals surface area contributed by atoms with E-state index in [4.69, 9.17) is 37.9 Å². The minimum atomic E-state index is -5.16. The highest BCUT2D eigenvalue weighted by Gasteiger charge is 2.56. The molecule has 4 amide bonds. The van der Waals surface area contributed by atoms with Crippen molar-refractivity contribution in [3.8, 4) is 0 Å². The highest BCUT2D eigenvalue weighted by atomic mass is 32.3. The minimum absolute atomic E-state index is 0.0118. The molecule has 0 radical (unpaired) electrons. The normalized spacial score (nSPS) is 34.8. The van der Waals surface area contributed by atoms with Crippen LogP contribution in [0, 0.1) is 0 Å². The number of carbonyl (C=O) groups is 5. The quantitative estimate of drug-likeness (QED) is 0.0140. The van der Waals surface area contributed by atoms with Crippen LogP contribution in [-0.4, -0.2) is 232 Å². The average Bonchev–Trinajstić information content (AvgIpc) is 3.42. The second-order valence-electron chi connectivity index (χ2n) is 20.4. The smallest absolute Gasteiger partial charge is 0.397 e. The van der Waals surface area contributed by atoms with Crippen molar-refractivity contribution in [3.05, 3.63) is 12.2 Å². The monoisotopic (exact) mass is 1170 g/mol. The van der Waals surface area contributed by atoms with Gasteiger partial charge in [-0.2, -0.15) is 8.42 Å². The number of allylic oxidation sites excluding steroid dienone is 2. The van der Waals surface area contributed by atoms with Crippen LogP contribution in [0.5, 0.6) is 0 Å². The van der Waals surface area contributed by atoms with E-state index in [0.717, 1.165) is 79.1 Å². The topological polar surface area (TPSA) is 433 Å². The van der Waals surface area contributed by atoms with Crippen LogP contribution in [0.3, 0.4) is 0 Å². The number of carbonyl (C=O) groups excluding carboxylic acids is 5. The van der Waals surface area contributed by atoms with Gasteiger partial charge in [0.1, 0.15) is 104 Å². The summed E-state index contributed by atoms with van der Waals surface area (Å²) < 4.78 is 83.4. The standard InChI is InChI=1S/C50H86N4O25S/c1-6-7-8-9-10-11-12-13-14-15-16-17-18-19-20-21-34(61)54-36-40(63)39(62)32(24-71-29(5)60)76-48(36)77-44-30(22-55)74-49(37(42(44)65)52-27(3)58)78-45-31(23-56)75-50(38(43(45)66)53-28(4)59)79-46-33(25-72-80(68,69)70)73-47(67)35(41(46)64)51-26(2)57/h11-12,30-33,35-50,55-56,62-67H,6-10,13-25H2,1-5H3,(H,51,57)(H,52,58)(H,53,59)(H,54,61)(H,68,69,70)/b12-11-/t30?,31?,32?,33?,35?,36?,37?,38?,39-,40-,41-,42-,43-,44-,45-,46-,47-,48+,49+,50+/m1/s1. The number of unbranched alkanes of at least 4 members (excludes halogenated alkanes) is 11. The molecule has 0 saturated carbocycles. The highest BCUT2D eigenvalue weighted by Crippen LogP contribution is 2.35. The number of aliphatic hydroxyl groups excluding tert-OH is 8. The number of ether oxygens (including phenoxy) is 8. The molecule has 20 atom stereocenters. The van der Waals surface area contributed by atoms with Crippen LogP contribution in [0.2, 0.25) is 0 Å². The summed E-state index contributed by atoms with van der Waals surface area (Å²) in [7, 11) is -5.16. The first-order chi connectivity index (χ1) is 37.9. The van der Waals surface area contributed by atoms with Crippen molar-refractivity contribution in [2.75, 3.05) is 26.4 Å². The number of rotatable bonds is 32. The van der Waals surface area contributed by atoms with Gasteiger partial charge in [0.25, 0.3) is 0 Å². The Bertz CT molecular complexity index is 2060. The Morgan fingerprint density at radius 2 is 0.912 bits per heavy atom. The van der Waals surface area contributed by atoms with Gasteiger partial charge in [-0.05, 0) is 32.1 Å². The van der Waals surface area contributed by atoms with Crippen LogP contribution in [0.1, 0.15) is 125 Å².